The van der Waals surface area contributed by atoms with Crippen LogP contribution in [0.5, 0.6) is 0 Å². The number of hydrogen-bond donors (Lipinski definition) is 2. The van der Waals surface area contributed by atoms with Crippen LogP contribution < -0.4 is 5.32 Å². The summed E-state index contributed by atoms with van der Waals surface area (Å²) in [6.45, 7) is 0.892. The molecule has 0 unspecified atom stereocenters. The lowest BCUT2D eigenvalue weighted by molar-refractivity contribution is 0.818. The van der Waals surface area contributed by atoms with Crippen molar-refractivity contribution in [2.75, 3.05) is 7.05 Å². The highest BCUT2D eigenvalue weighted by Crippen LogP contribution is 1.91. The second kappa shape index (κ2) is 2.52. The minimum atomic E-state index is 0.892. The van der Waals surface area contributed by atoms with Crippen LogP contribution in [0.2, 0.25) is 0 Å². The summed E-state index contributed by atoms with van der Waals surface area (Å²) in [5.41, 5.74) is 1.17. The molecule has 1 heterocycles. The van der Waals surface area contributed by atoms with Crippen molar-refractivity contribution in [3.63, 3.8) is 0 Å². The summed E-state index contributed by atoms with van der Waals surface area (Å²) in [7, 11) is 1.92. The normalized spacial score (nSPS) is 9.62. The summed E-state index contributed by atoms with van der Waals surface area (Å²) < 4.78 is 0. The molecule has 0 saturated carbocycles. The van der Waals surface area contributed by atoms with E-state index in [1.807, 2.05) is 19.3 Å². The monoisotopic (exact) mass is 109 g/mol. The second-order valence-corrected chi connectivity index (χ2v) is 1.66. The summed E-state index contributed by atoms with van der Waals surface area (Å²) in [5, 5.41) is 3.02. The third-order valence-corrected chi connectivity index (χ3v) is 0.968. The zero-order valence-corrected chi connectivity index (χ0v) is 4.86. The van der Waals surface area contributed by atoms with Crippen molar-refractivity contribution >= 4 is 0 Å². The van der Waals surface area contributed by atoms with Gasteiger partial charge in [0.1, 0.15) is 0 Å². The highest BCUT2D eigenvalue weighted by Gasteiger charge is 1.86. The van der Waals surface area contributed by atoms with Crippen LogP contribution in [0.25, 0.3) is 0 Å². The third kappa shape index (κ3) is 1.10. The first kappa shape index (κ1) is 5.38. The molecule has 0 aliphatic heterocycles. The quantitative estimate of drug-likeness (QED) is 0.569. The number of aromatic nitrogens is 1. The van der Waals surface area contributed by atoms with E-state index < -0.39 is 0 Å². The fourth-order valence-electron chi connectivity index (χ4n) is 0.612. The predicted molar refractivity (Wildman–Crippen MR) is 32.4 cm³/mol. The number of hydrogen-bond acceptors (Lipinski definition) is 1. The van der Waals surface area contributed by atoms with Crippen molar-refractivity contribution in [3.05, 3.63) is 24.0 Å². The molecule has 2 heteroatoms. The van der Waals surface area contributed by atoms with E-state index >= 15 is 0 Å². The van der Waals surface area contributed by atoms with Crippen LogP contribution in [-0.2, 0) is 6.54 Å². The van der Waals surface area contributed by atoms with Gasteiger partial charge in [0.2, 0.25) is 0 Å². The van der Waals surface area contributed by atoms with Gasteiger partial charge in [-0.25, -0.2) is 0 Å². The van der Waals surface area contributed by atoms with E-state index in [1.54, 1.807) is 0 Å². The van der Waals surface area contributed by atoms with Gasteiger partial charge in [-0.3, -0.25) is 0 Å². The lowest BCUT2D eigenvalue weighted by Crippen LogP contribution is -2.03. The number of aromatic amines is 1. The average Bonchev–Trinajstić information content (AvgIpc) is 2.19. The van der Waals surface area contributed by atoms with Crippen LogP contribution >= 0.6 is 0 Å². The summed E-state index contributed by atoms with van der Waals surface area (Å²) >= 11 is 0. The Morgan fingerprint density at radius 3 is 3.25 bits per heavy atom. The fraction of sp³-hybridized carbons (Fsp3) is 0.333. The van der Waals surface area contributed by atoms with Gasteiger partial charge in [-0.05, 0) is 18.7 Å². The van der Waals surface area contributed by atoms with Crippen LogP contribution in [0.3, 0.4) is 0 Å². The largest absolute Gasteiger partial charge is 0.360 e. The molecule has 0 aliphatic rings. The van der Waals surface area contributed by atoms with Gasteiger partial charge in [-0.15, -0.1) is 0 Å². The van der Waals surface area contributed by atoms with Gasteiger partial charge in [-0.1, -0.05) is 0 Å². The molecule has 0 aromatic carbocycles. The molecular formula is C6H9N2. The van der Waals surface area contributed by atoms with Gasteiger partial charge >= 0.3 is 0 Å². The maximum atomic E-state index is 3.02. The molecule has 43 valence electrons. The Hall–Kier alpha value is -0.760. The molecule has 8 heavy (non-hydrogen) atoms. The van der Waals surface area contributed by atoms with Crippen LogP contribution in [0.1, 0.15) is 5.56 Å². The first-order valence-electron chi connectivity index (χ1n) is 2.62. The van der Waals surface area contributed by atoms with Gasteiger partial charge in [0.25, 0.3) is 0 Å². The standard InChI is InChI=1S/C6H9N2/c1-7-4-6-2-3-8-5-6/h2-3,7-8H,4H2,1H3. The summed E-state index contributed by atoms with van der Waals surface area (Å²) in [6.07, 6.45) is 4.82. The van der Waals surface area contributed by atoms with Gasteiger partial charge in [-0.2, -0.15) is 0 Å². The van der Waals surface area contributed by atoms with Gasteiger partial charge in [0.15, 0.2) is 0 Å². The topological polar surface area (TPSA) is 27.8 Å². The van der Waals surface area contributed by atoms with Crippen LogP contribution in [0, 0.1) is 6.20 Å². The average molecular weight is 109 g/mol. The van der Waals surface area contributed by atoms with Gasteiger partial charge in [0, 0.05) is 12.7 Å². The van der Waals surface area contributed by atoms with Crippen LogP contribution in [0.4, 0.5) is 0 Å². The molecule has 1 rings (SSSR count). The molecule has 0 fully saturated rings. The molecule has 0 aliphatic carbocycles. The Labute approximate surface area is 48.9 Å². The Kier molecular flexibility index (Phi) is 1.70. The van der Waals surface area contributed by atoms with E-state index in [0.717, 1.165) is 6.54 Å². The Balaban J connectivity index is 2.50. The Morgan fingerprint density at radius 2 is 2.75 bits per heavy atom. The van der Waals surface area contributed by atoms with Crippen LogP contribution in [0.15, 0.2) is 12.3 Å². The molecule has 0 saturated heterocycles. The zero-order valence-electron chi connectivity index (χ0n) is 4.86. The first-order valence-corrected chi connectivity index (χ1v) is 2.62. The molecule has 1 radical (unpaired) electrons. The minimum Gasteiger partial charge on any atom is -0.360 e. The van der Waals surface area contributed by atoms with Gasteiger partial charge < -0.3 is 10.3 Å². The van der Waals surface area contributed by atoms with E-state index in [1.165, 1.54) is 5.56 Å². The molecule has 0 spiro atoms. The zero-order chi connectivity index (χ0) is 5.82. The van der Waals surface area contributed by atoms with Crippen LogP contribution in [-0.4, -0.2) is 12.0 Å². The number of rotatable bonds is 2. The van der Waals surface area contributed by atoms with Crippen molar-refractivity contribution in [3.8, 4) is 0 Å². The molecular weight excluding hydrogens is 100 g/mol. The molecule has 2 nitrogen and oxygen atoms in total. The third-order valence-electron chi connectivity index (χ3n) is 0.968. The van der Waals surface area contributed by atoms with E-state index in [4.69, 9.17) is 0 Å². The summed E-state index contributed by atoms with van der Waals surface area (Å²) in [5.74, 6) is 0. The van der Waals surface area contributed by atoms with Crippen molar-refractivity contribution in [2.24, 2.45) is 0 Å². The minimum absolute atomic E-state index is 0.892. The smallest absolute Gasteiger partial charge is 0.0668 e. The van der Waals surface area contributed by atoms with Crippen molar-refractivity contribution in [1.29, 1.82) is 0 Å². The summed E-state index contributed by atoms with van der Waals surface area (Å²) in [4.78, 5) is 2.85. The molecule has 0 atom stereocenters. The lowest BCUT2D eigenvalue weighted by atomic mass is 10.3. The molecule has 0 amide bonds. The second-order valence-electron chi connectivity index (χ2n) is 1.66. The SMILES string of the molecule is CNCc1[c][nH]cc1. The Morgan fingerprint density at radius 1 is 1.88 bits per heavy atom. The first-order chi connectivity index (χ1) is 3.93. The van der Waals surface area contributed by atoms with Crippen molar-refractivity contribution < 1.29 is 0 Å². The van der Waals surface area contributed by atoms with Crippen molar-refractivity contribution in [1.82, 2.24) is 10.3 Å². The highest BCUT2D eigenvalue weighted by molar-refractivity contribution is 5.05. The maximum absolute atomic E-state index is 3.02. The molecule has 2 N–H and O–H groups in total. The molecule has 1 aromatic rings. The molecule has 1 aromatic heterocycles. The predicted octanol–water partition coefficient (Wildman–Crippen LogP) is 0.534. The Bertz CT molecular complexity index is 132. The van der Waals surface area contributed by atoms with Gasteiger partial charge in [0.05, 0.1) is 6.20 Å². The number of nitrogens with one attached hydrogen (secondary N) is 2. The lowest BCUT2D eigenvalue weighted by Gasteiger charge is -1.88. The van der Waals surface area contributed by atoms with Crippen molar-refractivity contribution in [2.45, 2.75) is 6.54 Å². The van der Waals surface area contributed by atoms with E-state index in [9.17, 15) is 0 Å². The molecule has 0 bridgehead atoms. The summed E-state index contributed by atoms with van der Waals surface area (Å²) in [6, 6.07) is 2.00. The fourth-order valence-corrected chi connectivity index (χ4v) is 0.612. The van der Waals surface area contributed by atoms with E-state index in [0.29, 0.717) is 0 Å². The maximum Gasteiger partial charge on any atom is 0.0668 e. The number of H-pyrrole nitrogens is 1. The van der Waals surface area contributed by atoms with E-state index in [-0.39, 0.29) is 0 Å². The van der Waals surface area contributed by atoms with E-state index in [2.05, 4.69) is 16.5 Å². The highest BCUT2D eigenvalue weighted by atomic mass is 14.8.